The van der Waals surface area contributed by atoms with Crippen molar-refractivity contribution in [1.82, 2.24) is 4.98 Å². The van der Waals surface area contributed by atoms with Crippen LogP contribution in [0.1, 0.15) is 15.9 Å². The minimum Gasteiger partial charge on any atom is -0.293 e. The molecule has 1 aromatic carbocycles. The van der Waals surface area contributed by atoms with Crippen molar-refractivity contribution in [3.05, 3.63) is 59.7 Å². The Kier molecular flexibility index (Phi) is 2.88. The number of benzene rings is 1. The summed E-state index contributed by atoms with van der Waals surface area (Å²) in [5.41, 5.74) is 1.30. The number of carbonyl (C=O) groups excluding carboxylic acids is 1. The lowest BCUT2D eigenvalue weighted by Crippen LogP contribution is -2.18. The first-order chi connectivity index (χ1) is 8.75. The van der Waals surface area contributed by atoms with E-state index >= 15 is 0 Å². The molecule has 90 valence electrons. The van der Waals surface area contributed by atoms with Gasteiger partial charge in [-0.05, 0) is 24.1 Å². The molecular weight excluding hydrogens is 249 g/mol. The molecule has 1 atom stereocenters. The summed E-state index contributed by atoms with van der Waals surface area (Å²) < 4.78 is 13.5. The third kappa shape index (κ3) is 1.93. The van der Waals surface area contributed by atoms with E-state index in [-0.39, 0.29) is 16.6 Å². The highest BCUT2D eigenvalue weighted by molar-refractivity contribution is 8.01. The van der Waals surface area contributed by atoms with Crippen molar-refractivity contribution < 1.29 is 9.18 Å². The number of fused-ring (bicyclic) bond motifs is 1. The average molecular weight is 259 g/mol. The monoisotopic (exact) mass is 259 g/mol. The first-order valence-corrected chi connectivity index (χ1v) is 6.52. The summed E-state index contributed by atoms with van der Waals surface area (Å²) in [7, 11) is 0. The Bertz CT molecular complexity index is 589. The van der Waals surface area contributed by atoms with Gasteiger partial charge >= 0.3 is 0 Å². The molecule has 0 aliphatic carbocycles. The Hall–Kier alpha value is -1.68. The fraction of sp³-hybridized carbons (Fsp3) is 0.143. The summed E-state index contributed by atoms with van der Waals surface area (Å²) in [5, 5.41) is -0.223. The van der Waals surface area contributed by atoms with Crippen molar-refractivity contribution in [1.29, 1.82) is 0 Å². The highest BCUT2D eigenvalue weighted by Crippen LogP contribution is 2.38. The Morgan fingerprint density at radius 3 is 2.94 bits per heavy atom. The quantitative estimate of drug-likeness (QED) is 0.776. The van der Waals surface area contributed by atoms with Crippen LogP contribution in [0.25, 0.3) is 0 Å². The number of nitrogens with zero attached hydrogens (tertiary/aromatic N) is 1. The van der Waals surface area contributed by atoms with E-state index in [1.54, 1.807) is 0 Å². The zero-order valence-electron chi connectivity index (χ0n) is 9.47. The molecule has 1 aliphatic rings. The van der Waals surface area contributed by atoms with Crippen molar-refractivity contribution in [2.75, 3.05) is 0 Å². The van der Waals surface area contributed by atoms with Gasteiger partial charge in [0, 0.05) is 11.1 Å². The van der Waals surface area contributed by atoms with Crippen molar-refractivity contribution in [2.24, 2.45) is 0 Å². The number of aromatic nitrogens is 1. The zero-order chi connectivity index (χ0) is 12.5. The first-order valence-electron chi connectivity index (χ1n) is 5.64. The van der Waals surface area contributed by atoms with Crippen LogP contribution in [-0.2, 0) is 6.42 Å². The second kappa shape index (κ2) is 4.53. The van der Waals surface area contributed by atoms with Crippen molar-refractivity contribution in [3.63, 3.8) is 0 Å². The Balaban J connectivity index is 1.87. The molecule has 0 radical (unpaired) electrons. The number of ketones is 1. The van der Waals surface area contributed by atoms with Gasteiger partial charge in [-0.3, -0.25) is 9.78 Å². The molecule has 0 saturated heterocycles. The van der Waals surface area contributed by atoms with Crippen LogP contribution in [-0.4, -0.2) is 16.0 Å². The molecule has 0 fully saturated rings. The molecule has 0 N–H and O–H groups in total. The van der Waals surface area contributed by atoms with Gasteiger partial charge < -0.3 is 0 Å². The fourth-order valence-electron chi connectivity index (χ4n) is 2.08. The molecule has 4 heteroatoms. The normalized spacial score (nSPS) is 17.5. The highest BCUT2D eigenvalue weighted by atomic mass is 32.2. The van der Waals surface area contributed by atoms with Gasteiger partial charge in [0.05, 0.1) is 17.0 Å². The summed E-state index contributed by atoms with van der Waals surface area (Å²) in [6.45, 7) is 0. The topological polar surface area (TPSA) is 30.0 Å². The highest BCUT2D eigenvalue weighted by Gasteiger charge is 2.29. The predicted octanol–water partition coefficient (Wildman–Crippen LogP) is 3.12. The molecule has 2 aromatic rings. The van der Waals surface area contributed by atoms with E-state index in [0.29, 0.717) is 6.42 Å². The van der Waals surface area contributed by atoms with Gasteiger partial charge in [0.25, 0.3) is 0 Å². The third-order valence-electron chi connectivity index (χ3n) is 2.98. The molecule has 0 saturated carbocycles. The van der Waals surface area contributed by atoms with Crippen molar-refractivity contribution in [2.45, 2.75) is 16.6 Å². The van der Waals surface area contributed by atoms with Crippen LogP contribution in [0.15, 0.2) is 47.6 Å². The molecule has 0 bridgehead atoms. The van der Waals surface area contributed by atoms with E-state index in [0.717, 1.165) is 16.7 Å². The summed E-state index contributed by atoms with van der Waals surface area (Å²) in [5.74, 6) is -0.699. The SMILES string of the molecule is O=C(c1ccncc1F)C1Cc2ccccc2S1. The second-order valence-corrected chi connectivity index (χ2v) is 5.38. The first kappa shape index (κ1) is 11.4. The molecule has 0 spiro atoms. The molecule has 2 heterocycles. The van der Waals surface area contributed by atoms with Crippen LogP contribution in [0.4, 0.5) is 4.39 Å². The lowest BCUT2D eigenvalue weighted by molar-refractivity contribution is 0.0986. The smallest absolute Gasteiger partial charge is 0.179 e. The molecular formula is C14H10FNOS. The van der Waals surface area contributed by atoms with Crippen LogP contribution in [0.3, 0.4) is 0 Å². The summed E-state index contributed by atoms with van der Waals surface area (Å²) in [4.78, 5) is 17.0. The van der Waals surface area contributed by atoms with Crippen molar-refractivity contribution >= 4 is 17.5 Å². The molecule has 0 amide bonds. The standard InChI is InChI=1S/C14H10FNOS/c15-11-8-16-6-5-10(11)14(17)13-7-9-3-1-2-4-12(9)18-13/h1-6,8,13H,7H2. The number of halogens is 1. The van der Waals surface area contributed by atoms with Crippen LogP contribution in [0.2, 0.25) is 0 Å². The summed E-state index contributed by atoms with van der Waals surface area (Å²) in [6.07, 6.45) is 3.20. The van der Waals surface area contributed by atoms with Gasteiger partial charge in [0.2, 0.25) is 0 Å². The summed E-state index contributed by atoms with van der Waals surface area (Å²) in [6, 6.07) is 9.36. The fourth-order valence-corrected chi connectivity index (χ4v) is 3.34. The Morgan fingerprint density at radius 1 is 1.33 bits per heavy atom. The van der Waals surface area contributed by atoms with Gasteiger partial charge in [-0.1, -0.05) is 18.2 Å². The molecule has 1 aromatic heterocycles. The van der Waals surface area contributed by atoms with E-state index in [9.17, 15) is 9.18 Å². The van der Waals surface area contributed by atoms with E-state index in [1.807, 2.05) is 24.3 Å². The number of hydrogen-bond acceptors (Lipinski definition) is 3. The lowest BCUT2D eigenvalue weighted by atomic mass is 10.0. The van der Waals surface area contributed by atoms with E-state index in [2.05, 4.69) is 4.98 Å². The molecule has 1 unspecified atom stereocenters. The van der Waals surface area contributed by atoms with Crippen LogP contribution >= 0.6 is 11.8 Å². The number of carbonyl (C=O) groups is 1. The number of pyridine rings is 1. The van der Waals surface area contributed by atoms with E-state index < -0.39 is 5.82 Å². The van der Waals surface area contributed by atoms with Crippen LogP contribution in [0, 0.1) is 5.82 Å². The molecule has 3 rings (SSSR count). The average Bonchev–Trinajstić information content (AvgIpc) is 2.82. The maximum Gasteiger partial charge on any atom is 0.179 e. The Morgan fingerprint density at radius 2 is 2.17 bits per heavy atom. The predicted molar refractivity (Wildman–Crippen MR) is 68.3 cm³/mol. The van der Waals surface area contributed by atoms with Crippen molar-refractivity contribution in [3.8, 4) is 0 Å². The lowest BCUT2D eigenvalue weighted by Gasteiger charge is -2.07. The van der Waals surface area contributed by atoms with E-state index in [4.69, 9.17) is 0 Å². The van der Waals surface area contributed by atoms with E-state index in [1.165, 1.54) is 24.0 Å². The zero-order valence-corrected chi connectivity index (χ0v) is 10.3. The minimum absolute atomic E-state index is 0.135. The maximum atomic E-state index is 13.5. The Labute approximate surface area is 108 Å². The second-order valence-electron chi connectivity index (χ2n) is 4.14. The molecule has 2 nitrogen and oxygen atoms in total. The van der Waals surface area contributed by atoms with Gasteiger partial charge in [-0.15, -0.1) is 11.8 Å². The number of rotatable bonds is 2. The molecule has 1 aliphatic heterocycles. The van der Waals surface area contributed by atoms with Gasteiger partial charge in [-0.25, -0.2) is 4.39 Å². The minimum atomic E-state index is -0.543. The van der Waals surface area contributed by atoms with Gasteiger partial charge in [-0.2, -0.15) is 0 Å². The number of thioether (sulfide) groups is 1. The summed E-state index contributed by atoms with van der Waals surface area (Å²) >= 11 is 1.51. The number of Topliss-reactive ketones (excluding diaryl/α,β-unsaturated/α-hetero) is 1. The van der Waals surface area contributed by atoms with Gasteiger partial charge in [0.15, 0.2) is 11.6 Å². The van der Waals surface area contributed by atoms with Crippen LogP contribution < -0.4 is 0 Å². The number of hydrogen-bond donors (Lipinski definition) is 0. The largest absolute Gasteiger partial charge is 0.293 e. The van der Waals surface area contributed by atoms with Crippen LogP contribution in [0.5, 0.6) is 0 Å². The third-order valence-corrected chi connectivity index (χ3v) is 4.29. The van der Waals surface area contributed by atoms with Gasteiger partial charge in [0.1, 0.15) is 0 Å². The maximum absolute atomic E-state index is 13.5. The molecule has 18 heavy (non-hydrogen) atoms.